The molecule has 0 aliphatic heterocycles. The Morgan fingerprint density at radius 2 is 2.10 bits per heavy atom. The standard InChI is InChI=1S/C12H19ClN4O4/c1-20-5-3-14-10(18)8-15-9-7-16-17(4-6-21-2)12(19)11(9)13/h7,15H,3-6,8H2,1-2H3,(H,14,18). The molecule has 0 bridgehead atoms. The average molecular weight is 319 g/mol. The van der Waals surface area contributed by atoms with Crippen molar-refractivity contribution in [2.75, 3.05) is 45.8 Å². The van der Waals surface area contributed by atoms with Crippen LogP contribution in [0.25, 0.3) is 0 Å². The monoisotopic (exact) mass is 318 g/mol. The largest absolute Gasteiger partial charge is 0.383 e. The van der Waals surface area contributed by atoms with Crippen molar-refractivity contribution in [3.63, 3.8) is 0 Å². The van der Waals surface area contributed by atoms with Gasteiger partial charge in [0.05, 0.1) is 38.2 Å². The Balaban J connectivity index is 2.58. The summed E-state index contributed by atoms with van der Waals surface area (Å²) in [6.07, 6.45) is 1.40. The number of halogens is 1. The number of aromatic nitrogens is 2. The lowest BCUT2D eigenvalue weighted by atomic mass is 10.4. The normalized spacial score (nSPS) is 10.4. The molecule has 0 saturated carbocycles. The third-order valence-electron chi connectivity index (χ3n) is 2.56. The second-order valence-corrected chi connectivity index (χ2v) is 4.47. The van der Waals surface area contributed by atoms with Crippen molar-refractivity contribution in [2.45, 2.75) is 6.54 Å². The molecule has 118 valence electrons. The van der Waals surface area contributed by atoms with Crippen LogP contribution in [0.5, 0.6) is 0 Å². The Bertz CT molecular complexity index is 520. The van der Waals surface area contributed by atoms with Gasteiger partial charge in [-0.2, -0.15) is 5.10 Å². The second kappa shape index (κ2) is 9.32. The maximum atomic E-state index is 11.9. The number of methoxy groups -OCH3 is 2. The van der Waals surface area contributed by atoms with Crippen molar-refractivity contribution in [1.82, 2.24) is 15.1 Å². The molecule has 0 saturated heterocycles. The minimum absolute atomic E-state index is 0.00730. The minimum atomic E-state index is -0.432. The van der Waals surface area contributed by atoms with E-state index in [0.717, 1.165) is 0 Å². The Hall–Kier alpha value is -1.64. The molecule has 9 heteroatoms. The van der Waals surface area contributed by atoms with E-state index in [1.165, 1.54) is 18.0 Å². The summed E-state index contributed by atoms with van der Waals surface area (Å²) >= 11 is 5.96. The van der Waals surface area contributed by atoms with Gasteiger partial charge in [0.15, 0.2) is 0 Å². The average Bonchev–Trinajstić information content (AvgIpc) is 2.48. The van der Waals surface area contributed by atoms with E-state index in [4.69, 9.17) is 21.1 Å². The van der Waals surface area contributed by atoms with Crippen molar-refractivity contribution < 1.29 is 14.3 Å². The quantitative estimate of drug-likeness (QED) is 0.608. The summed E-state index contributed by atoms with van der Waals surface area (Å²) < 4.78 is 10.9. The van der Waals surface area contributed by atoms with Crippen LogP contribution in [-0.2, 0) is 20.8 Å². The van der Waals surface area contributed by atoms with Gasteiger partial charge in [0.1, 0.15) is 5.02 Å². The first-order valence-corrected chi connectivity index (χ1v) is 6.72. The molecule has 0 fully saturated rings. The summed E-state index contributed by atoms with van der Waals surface area (Å²) in [7, 11) is 3.08. The molecule has 1 aromatic heterocycles. The molecule has 0 radical (unpaired) electrons. The minimum Gasteiger partial charge on any atom is -0.383 e. The maximum absolute atomic E-state index is 11.9. The highest BCUT2D eigenvalue weighted by Gasteiger charge is 2.10. The lowest BCUT2D eigenvalue weighted by Crippen LogP contribution is -2.33. The molecule has 0 spiro atoms. The Morgan fingerprint density at radius 3 is 2.76 bits per heavy atom. The number of rotatable bonds is 9. The third-order valence-corrected chi connectivity index (χ3v) is 2.93. The summed E-state index contributed by atoms with van der Waals surface area (Å²) in [6.45, 7) is 1.52. The highest BCUT2D eigenvalue weighted by molar-refractivity contribution is 6.33. The van der Waals surface area contributed by atoms with E-state index in [1.807, 2.05) is 0 Å². The summed E-state index contributed by atoms with van der Waals surface area (Å²) in [4.78, 5) is 23.4. The van der Waals surface area contributed by atoms with Crippen molar-refractivity contribution in [1.29, 1.82) is 0 Å². The molecule has 0 aromatic carbocycles. The highest BCUT2D eigenvalue weighted by atomic mass is 35.5. The Morgan fingerprint density at radius 1 is 1.38 bits per heavy atom. The van der Waals surface area contributed by atoms with Gasteiger partial charge in [-0.25, -0.2) is 4.68 Å². The molecule has 1 heterocycles. The fourth-order valence-corrected chi connectivity index (χ4v) is 1.67. The zero-order valence-corrected chi connectivity index (χ0v) is 12.8. The van der Waals surface area contributed by atoms with Crippen molar-refractivity contribution in [3.8, 4) is 0 Å². The summed E-state index contributed by atoms with van der Waals surface area (Å²) in [5.74, 6) is -0.230. The van der Waals surface area contributed by atoms with Gasteiger partial charge >= 0.3 is 0 Å². The molecule has 0 unspecified atom stereocenters. The van der Waals surface area contributed by atoms with Crippen LogP contribution < -0.4 is 16.2 Å². The zero-order chi connectivity index (χ0) is 15.7. The van der Waals surface area contributed by atoms with E-state index in [9.17, 15) is 9.59 Å². The lowest BCUT2D eigenvalue weighted by molar-refractivity contribution is -0.119. The van der Waals surface area contributed by atoms with E-state index >= 15 is 0 Å². The van der Waals surface area contributed by atoms with E-state index in [1.54, 1.807) is 7.11 Å². The molecule has 0 atom stereocenters. The number of amides is 1. The summed E-state index contributed by atoms with van der Waals surface area (Å²) in [5.41, 5.74) is -0.115. The first-order chi connectivity index (χ1) is 10.1. The van der Waals surface area contributed by atoms with Gasteiger partial charge in [-0.05, 0) is 0 Å². The van der Waals surface area contributed by atoms with E-state index in [-0.39, 0.29) is 17.5 Å². The zero-order valence-electron chi connectivity index (χ0n) is 12.0. The fraction of sp³-hybridized carbons (Fsp3) is 0.583. The van der Waals surface area contributed by atoms with Crippen LogP contribution in [0.3, 0.4) is 0 Å². The fourth-order valence-electron chi connectivity index (χ4n) is 1.46. The number of nitrogens with zero attached hydrogens (tertiary/aromatic N) is 2. The number of carbonyl (C=O) groups is 1. The van der Waals surface area contributed by atoms with Gasteiger partial charge in [-0.15, -0.1) is 0 Å². The smallest absolute Gasteiger partial charge is 0.287 e. The van der Waals surface area contributed by atoms with Crippen LogP contribution >= 0.6 is 11.6 Å². The topological polar surface area (TPSA) is 94.5 Å². The highest BCUT2D eigenvalue weighted by Crippen LogP contribution is 2.14. The van der Waals surface area contributed by atoms with Crippen LogP contribution in [0.2, 0.25) is 5.02 Å². The third kappa shape index (κ3) is 5.70. The molecule has 1 aromatic rings. The number of hydrogen-bond donors (Lipinski definition) is 2. The molecule has 2 N–H and O–H groups in total. The number of carbonyl (C=O) groups excluding carboxylic acids is 1. The molecule has 1 amide bonds. The van der Waals surface area contributed by atoms with Gasteiger partial charge in [-0.3, -0.25) is 9.59 Å². The van der Waals surface area contributed by atoms with E-state index in [2.05, 4.69) is 15.7 Å². The molecule has 8 nitrogen and oxygen atoms in total. The Kier molecular flexibility index (Phi) is 7.73. The number of nitrogens with one attached hydrogen (secondary N) is 2. The second-order valence-electron chi connectivity index (χ2n) is 4.09. The first kappa shape index (κ1) is 17.4. The van der Waals surface area contributed by atoms with E-state index < -0.39 is 5.56 Å². The van der Waals surface area contributed by atoms with Gasteiger partial charge < -0.3 is 20.1 Å². The molecule has 0 aliphatic rings. The van der Waals surface area contributed by atoms with Crippen molar-refractivity contribution in [2.24, 2.45) is 0 Å². The van der Waals surface area contributed by atoms with Crippen LogP contribution in [0.4, 0.5) is 5.69 Å². The molecule has 21 heavy (non-hydrogen) atoms. The maximum Gasteiger partial charge on any atom is 0.287 e. The summed E-state index contributed by atoms with van der Waals surface area (Å²) in [6, 6.07) is 0. The van der Waals surface area contributed by atoms with Gasteiger partial charge in [0, 0.05) is 20.8 Å². The number of anilines is 1. The molecular weight excluding hydrogens is 300 g/mol. The predicted octanol–water partition coefficient (Wildman–Crippen LogP) is -0.282. The van der Waals surface area contributed by atoms with Crippen LogP contribution in [0, 0.1) is 0 Å². The molecule has 0 aliphatic carbocycles. The van der Waals surface area contributed by atoms with Crippen molar-refractivity contribution >= 4 is 23.2 Å². The lowest BCUT2D eigenvalue weighted by Gasteiger charge is -2.10. The SMILES string of the molecule is COCCNC(=O)CNc1cnn(CCOC)c(=O)c1Cl. The van der Waals surface area contributed by atoms with Gasteiger partial charge in [0.25, 0.3) is 5.56 Å². The van der Waals surface area contributed by atoms with Crippen LogP contribution in [-0.4, -0.2) is 56.2 Å². The Labute approximate surface area is 127 Å². The predicted molar refractivity (Wildman–Crippen MR) is 78.8 cm³/mol. The van der Waals surface area contributed by atoms with Crippen molar-refractivity contribution in [3.05, 3.63) is 21.6 Å². The van der Waals surface area contributed by atoms with Gasteiger partial charge in [-0.1, -0.05) is 11.6 Å². The first-order valence-electron chi connectivity index (χ1n) is 6.34. The van der Waals surface area contributed by atoms with Gasteiger partial charge in [0.2, 0.25) is 5.91 Å². The number of hydrogen-bond acceptors (Lipinski definition) is 6. The number of ether oxygens (including phenoxy) is 2. The van der Waals surface area contributed by atoms with Crippen LogP contribution in [0.15, 0.2) is 11.0 Å². The van der Waals surface area contributed by atoms with Crippen LogP contribution in [0.1, 0.15) is 0 Å². The molecular formula is C12H19ClN4O4. The molecule has 1 rings (SSSR count). The van der Waals surface area contributed by atoms with E-state index in [0.29, 0.717) is 32.0 Å². The summed E-state index contributed by atoms with van der Waals surface area (Å²) in [5, 5.41) is 9.36.